The molecular weight excluding hydrogens is 474 g/mol. The highest BCUT2D eigenvalue weighted by Crippen LogP contribution is 2.40. The van der Waals surface area contributed by atoms with Crippen molar-refractivity contribution in [2.45, 2.75) is 59.8 Å². The van der Waals surface area contributed by atoms with Gasteiger partial charge in [-0.2, -0.15) is 0 Å². The van der Waals surface area contributed by atoms with E-state index < -0.39 is 0 Å². The van der Waals surface area contributed by atoms with Crippen LogP contribution in [-0.4, -0.2) is 14.5 Å². The molecule has 3 aromatic carbocycles. The first-order valence-electron chi connectivity index (χ1n) is 13.9. The minimum absolute atomic E-state index is 0.357. The van der Waals surface area contributed by atoms with E-state index in [4.69, 9.17) is 4.98 Å². The van der Waals surface area contributed by atoms with Crippen LogP contribution in [0.4, 0.5) is 0 Å². The Morgan fingerprint density at radius 2 is 1.67 bits per heavy atom. The molecule has 5 rings (SSSR count). The molecule has 0 saturated heterocycles. The van der Waals surface area contributed by atoms with Gasteiger partial charge < -0.3 is 4.57 Å². The number of benzene rings is 3. The third kappa shape index (κ3) is 4.94. The molecule has 0 aliphatic carbocycles. The fourth-order valence-corrected chi connectivity index (χ4v) is 5.90. The summed E-state index contributed by atoms with van der Waals surface area (Å²) < 4.78 is 2.14. The lowest BCUT2D eigenvalue weighted by molar-refractivity contribution is 0.626. The molecule has 3 heteroatoms. The summed E-state index contributed by atoms with van der Waals surface area (Å²) in [5.74, 6) is 0. The molecule has 0 radical (unpaired) electrons. The second-order valence-electron chi connectivity index (χ2n) is 11.2. The molecule has 0 bridgehead atoms. The van der Waals surface area contributed by atoms with Crippen LogP contribution in [0.3, 0.4) is 0 Å². The monoisotopic (exact) mass is 513 g/mol. The van der Waals surface area contributed by atoms with E-state index >= 15 is 0 Å². The van der Waals surface area contributed by atoms with Gasteiger partial charge in [-0.3, -0.25) is 4.98 Å². The Morgan fingerprint density at radius 1 is 0.949 bits per heavy atom. The zero-order chi connectivity index (χ0) is 27.7. The molecule has 0 saturated carbocycles. The number of aryl methyl sites for hydroxylation is 5. The van der Waals surface area contributed by atoms with Crippen LogP contribution >= 0.6 is 0 Å². The van der Waals surface area contributed by atoms with Crippen molar-refractivity contribution in [1.82, 2.24) is 14.5 Å². The summed E-state index contributed by atoms with van der Waals surface area (Å²) in [6.45, 7) is 13.4. The lowest BCUT2D eigenvalue weighted by atomic mass is 9.73. The Hall–Kier alpha value is -3.98. The maximum atomic E-state index is 5.18. The van der Waals surface area contributed by atoms with Crippen LogP contribution in [0.1, 0.15) is 71.1 Å². The van der Waals surface area contributed by atoms with Crippen LogP contribution < -0.4 is 0 Å². The van der Waals surface area contributed by atoms with Gasteiger partial charge in [0.25, 0.3) is 0 Å². The number of fused-ring (bicyclic) bond motifs is 1. The van der Waals surface area contributed by atoms with Crippen molar-refractivity contribution in [3.8, 4) is 0 Å². The van der Waals surface area contributed by atoms with Crippen LogP contribution in [0.25, 0.3) is 17.0 Å². The number of imidazole rings is 1. The summed E-state index contributed by atoms with van der Waals surface area (Å²) in [5, 5.41) is 1.23. The van der Waals surface area contributed by atoms with Gasteiger partial charge in [0.15, 0.2) is 0 Å². The highest BCUT2D eigenvalue weighted by atomic mass is 15.0. The van der Waals surface area contributed by atoms with E-state index in [1.54, 1.807) is 0 Å². The molecule has 39 heavy (non-hydrogen) atoms. The summed E-state index contributed by atoms with van der Waals surface area (Å²) in [6, 6.07) is 24.3. The van der Waals surface area contributed by atoms with Gasteiger partial charge >= 0.3 is 0 Å². The van der Waals surface area contributed by atoms with Crippen LogP contribution in [0.5, 0.6) is 0 Å². The normalized spacial score (nSPS) is 13.6. The third-order valence-electron chi connectivity index (χ3n) is 8.37. The number of aromatic nitrogens is 3. The van der Waals surface area contributed by atoms with Crippen molar-refractivity contribution in [2.24, 2.45) is 7.05 Å². The minimum Gasteiger partial charge on any atom is -0.337 e. The SMILES string of the molecule is CCc1nc2ccc(C(C)(c3ccc(C)cc3)c3cncn3C)cc2c(C)c1C/C(C)=C/c1ccccc1C. The van der Waals surface area contributed by atoms with E-state index in [-0.39, 0.29) is 5.41 Å². The number of allylic oxidation sites excluding steroid dienone is 1. The first kappa shape index (κ1) is 26.6. The zero-order valence-corrected chi connectivity index (χ0v) is 24.3. The Bertz CT molecular complexity index is 1670. The predicted molar refractivity (Wildman–Crippen MR) is 164 cm³/mol. The first-order chi connectivity index (χ1) is 18.7. The third-order valence-corrected chi connectivity index (χ3v) is 8.37. The van der Waals surface area contributed by atoms with Crippen LogP contribution in [0.2, 0.25) is 0 Å². The van der Waals surface area contributed by atoms with Crippen LogP contribution in [0.15, 0.2) is 84.8 Å². The summed E-state index contributed by atoms with van der Waals surface area (Å²) in [5.41, 5.74) is 13.4. The average molecular weight is 514 g/mol. The van der Waals surface area contributed by atoms with Gasteiger partial charge in [0.2, 0.25) is 0 Å². The van der Waals surface area contributed by atoms with Crippen molar-refractivity contribution in [3.63, 3.8) is 0 Å². The summed E-state index contributed by atoms with van der Waals surface area (Å²) in [6.07, 6.45) is 8.03. The van der Waals surface area contributed by atoms with E-state index in [2.05, 4.69) is 131 Å². The number of nitrogens with zero attached hydrogens (tertiary/aromatic N) is 3. The molecule has 0 amide bonds. The van der Waals surface area contributed by atoms with E-state index in [0.29, 0.717) is 0 Å². The highest BCUT2D eigenvalue weighted by Gasteiger charge is 2.34. The molecule has 0 aliphatic heterocycles. The maximum absolute atomic E-state index is 5.18. The van der Waals surface area contributed by atoms with Crippen LogP contribution in [-0.2, 0) is 25.3 Å². The van der Waals surface area contributed by atoms with Crippen molar-refractivity contribution in [1.29, 1.82) is 0 Å². The molecule has 0 N–H and O–H groups in total. The molecule has 0 aliphatic rings. The molecule has 0 spiro atoms. The molecule has 0 fully saturated rings. The average Bonchev–Trinajstić information content (AvgIpc) is 3.37. The van der Waals surface area contributed by atoms with E-state index in [1.165, 1.54) is 61.3 Å². The zero-order valence-electron chi connectivity index (χ0n) is 24.3. The van der Waals surface area contributed by atoms with Gasteiger partial charge in [-0.05, 0) is 93.0 Å². The lowest BCUT2D eigenvalue weighted by Gasteiger charge is -2.32. The van der Waals surface area contributed by atoms with Gasteiger partial charge in [0.05, 0.1) is 23.0 Å². The molecule has 2 aromatic heterocycles. The van der Waals surface area contributed by atoms with Gasteiger partial charge in [0, 0.05) is 24.3 Å². The van der Waals surface area contributed by atoms with Crippen molar-refractivity contribution in [2.75, 3.05) is 0 Å². The smallest absolute Gasteiger partial charge is 0.0945 e. The Labute approximate surface area is 233 Å². The quantitative estimate of drug-likeness (QED) is 0.219. The Morgan fingerprint density at radius 3 is 2.33 bits per heavy atom. The van der Waals surface area contributed by atoms with E-state index in [1.807, 2.05) is 12.5 Å². The topological polar surface area (TPSA) is 30.7 Å². The number of rotatable bonds is 7. The predicted octanol–water partition coefficient (Wildman–Crippen LogP) is 8.46. The second-order valence-corrected chi connectivity index (χ2v) is 11.2. The molecule has 1 unspecified atom stereocenters. The highest BCUT2D eigenvalue weighted by molar-refractivity contribution is 5.85. The van der Waals surface area contributed by atoms with E-state index in [9.17, 15) is 0 Å². The van der Waals surface area contributed by atoms with Crippen LogP contribution in [0, 0.1) is 20.8 Å². The Balaban J connectivity index is 1.66. The number of hydrogen-bond donors (Lipinski definition) is 0. The van der Waals surface area contributed by atoms with Gasteiger partial charge in [-0.1, -0.05) is 78.7 Å². The molecule has 1 atom stereocenters. The van der Waals surface area contributed by atoms with Gasteiger partial charge in [0.1, 0.15) is 0 Å². The van der Waals surface area contributed by atoms with E-state index in [0.717, 1.165) is 18.4 Å². The molecule has 2 heterocycles. The lowest BCUT2D eigenvalue weighted by Crippen LogP contribution is -2.28. The van der Waals surface area contributed by atoms with Gasteiger partial charge in [-0.25, -0.2) is 4.98 Å². The van der Waals surface area contributed by atoms with Gasteiger partial charge in [-0.15, -0.1) is 0 Å². The number of hydrogen-bond acceptors (Lipinski definition) is 2. The Kier molecular flexibility index (Phi) is 7.27. The molecule has 3 nitrogen and oxygen atoms in total. The standard InChI is InChI=1S/C36H39N3/c1-8-33-31(20-25(3)19-28-12-10-9-11-26(28)4)27(5)32-21-30(17-18-34(32)38-33)36(6,35-22-37-23-39(35)7)29-15-13-24(2)14-16-29/h9-19,21-23H,8,20H2,1-7H3/b25-19+. The fourth-order valence-electron chi connectivity index (χ4n) is 5.90. The second kappa shape index (κ2) is 10.6. The van der Waals surface area contributed by atoms with Crippen molar-refractivity contribution in [3.05, 3.63) is 135 Å². The van der Waals surface area contributed by atoms with Crippen molar-refractivity contribution < 1.29 is 0 Å². The first-order valence-corrected chi connectivity index (χ1v) is 13.9. The molecule has 5 aromatic rings. The van der Waals surface area contributed by atoms with Crippen molar-refractivity contribution >= 4 is 17.0 Å². The summed E-state index contributed by atoms with van der Waals surface area (Å²) >= 11 is 0. The summed E-state index contributed by atoms with van der Waals surface area (Å²) in [7, 11) is 2.08. The number of pyridine rings is 1. The minimum atomic E-state index is -0.357. The molecule has 198 valence electrons. The summed E-state index contributed by atoms with van der Waals surface area (Å²) in [4.78, 5) is 9.67. The fraction of sp³-hybridized carbons (Fsp3) is 0.278. The maximum Gasteiger partial charge on any atom is 0.0945 e. The largest absolute Gasteiger partial charge is 0.337 e. The molecular formula is C36H39N3.